The molecule has 22 heavy (non-hydrogen) atoms. The highest BCUT2D eigenvalue weighted by Gasteiger charge is 2.26. The van der Waals surface area contributed by atoms with E-state index in [-0.39, 0.29) is 6.04 Å². The van der Waals surface area contributed by atoms with Crippen LogP contribution in [-0.4, -0.2) is 21.1 Å². The van der Waals surface area contributed by atoms with Gasteiger partial charge < -0.3 is 4.74 Å². The minimum Gasteiger partial charge on any atom is -0.492 e. The van der Waals surface area contributed by atoms with Crippen LogP contribution in [0.25, 0.3) is 0 Å². The molecule has 0 aromatic heterocycles. The lowest BCUT2D eigenvalue weighted by Crippen LogP contribution is -2.42. The average Bonchev–Trinajstić information content (AvgIpc) is 2.46. The van der Waals surface area contributed by atoms with E-state index in [0.29, 0.717) is 17.9 Å². The van der Waals surface area contributed by atoms with Crippen LogP contribution in [0.3, 0.4) is 0 Å². The Morgan fingerprint density at radius 1 is 1.14 bits per heavy atom. The second kappa shape index (κ2) is 5.74. The molecule has 4 nitrogen and oxygen atoms in total. The van der Waals surface area contributed by atoms with Crippen LogP contribution in [0.1, 0.15) is 16.7 Å². The van der Waals surface area contributed by atoms with Gasteiger partial charge >= 0.3 is 0 Å². The van der Waals surface area contributed by atoms with E-state index in [0.717, 1.165) is 22.4 Å². The fourth-order valence-corrected chi connectivity index (χ4v) is 4.23. The Morgan fingerprint density at radius 2 is 1.91 bits per heavy atom. The Labute approximate surface area is 131 Å². The van der Waals surface area contributed by atoms with Gasteiger partial charge in [-0.25, -0.2) is 13.1 Å². The van der Waals surface area contributed by atoms with E-state index in [4.69, 9.17) is 4.74 Å². The summed E-state index contributed by atoms with van der Waals surface area (Å²) in [6, 6.07) is 12.8. The van der Waals surface area contributed by atoms with E-state index >= 15 is 0 Å². The molecule has 1 aliphatic rings. The lowest BCUT2D eigenvalue weighted by atomic mass is 10.0. The highest BCUT2D eigenvalue weighted by molar-refractivity contribution is 7.89. The number of nitrogens with one attached hydrogen (secondary N) is 1. The highest BCUT2D eigenvalue weighted by Crippen LogP contribution is 2.25. The maximum Gasteiger partial charge on any atom is 0.241 e. The summed E-state index contributed by atoms with van der Waals surface area (Å²) in [5, 5.41) is 0. The molecule has 1 heterocycles. The molecule has 0 bridgehead atoms. The molecule has 116 valence electrons. The fraction of sp³-hybridized carbons (Fsp3) is 0.294. The van der Waals surface area contributed by atoms with Gasteiger partial charge in [-0.05, 0) is 43.5 Å². The molecule has 0 fully saturated rings. The van der Waals surface area contributed by atoms with Crippen LogP contribution >= 0.6 is 0 Å². The number of sulfonamides is 1. The van der Waals surface area contributed by atoms with Crippen LogP contribution in [-0.2, 0) is 16.4 Å². The summed E-state index contributed by atoms with van der Waals surface area (Å²) in [7, 11) is -3.54. The van der Waals surface area contributed by atoms with Gasteiger partial charge in [0.25, 0.3) is 0 Å². The van der Waals surface area contributed by atoms with Gasteiger partial charge in [0, 0.05) is 0 Å². The summed E-state index contributed by atoms with van der Waals surface area (Å²) < 4.78 is 33.6. The molecule has 1 aliphatic heterocycles. The number of rotatable bonds is 3. The summed E-state index contributed by atoms with van der Waals surface area (Å²) >= 11 is 0. The van der Waals surface area contributed by atoms with Gasteiger partial charge in [0.15, 0.2) is 0 Å². The van der Waals surface area contributed by atoms with Crippen LogP contribution in [0, 0.1) is 13.8 Å². The molecule has 0 saturated carbocycles. The molecular formula is C17H19NO3S. The molecule has 5 heteroatoms. The third kappa shape index (κ3) is 3.00. The fourth-order valence-electron chi connectivity index (χ4n) is 2.79. The van der Waals surface area contributed by atoms with Gasteiger partial charge in [0.2, 0.25) is 10.0 Å². The van der Waals surface area contributed by atoms with Crippen LogP contribution in [0.2, 0.25) is 0 Å². The molecule has 0 unspecified atom stereocenters. The van der Waals surface area contributed by atoms with Crippen molar-refractivity contribution in [1.29, 1.82) is 0 Å². The largest absolute Gasteiger partial charge is 0.492 e. The van der Waals surface area contributed by atoms with E-state index in [2.05, 4.69) is 4.72 Å². The number of ether oxygens (including phenoxy) is 1. The number of hydrogen-bond donors (Lipinski definition) is 1. The molecule has 0 amide bonds. The molecule has 0 spiro atoms. The Morgan fingerprint density at radius 3 is 2.68 bits per heavy atom. The smallest absolute Gasteiger partial charge is 0.241 e. The Hall–Kier alpha value is -1.85. The van der Waals surface area contributed by atoms with Crippen molar-refractivity contribution in [2.75, 3.05) is 6.61 Å². The summed E-state index contributed by atoms with van der Waals surface area (Å²) in [5.41, 5.74) is 2.83. The van der Waals surface area contributed by atoms with Crippen molar-refractivity contribution in [2.24, 2.45) is 0 Å². The van der Waals surface area contributed by atoms with Crippen LogP contribution in [0.15, 0.2) is 47.4 Å². The van der Waals surface area contributed by atoms with E-state index in [1.54, 1.807) is 6.07 Å². The molecule has 2 aromatic carbocycles. The molecule has 3 rings (SSSR count). The van der Waals surface area contributed by atoms with Crippen LogP contribution < -0.4 is 9.46 Å². The minimum atomic E-state index is -3.54. The minimum absolute atomic E-state index is 0.249. The Bertz CT molecular complexity index is 799. The summed E-state index contributed by atoms with van der Waals surface area (Å²) in [6.07, 6.45) is 0.639. The number of benzene rings is 2. The highest BCUT2D eigenvalue weighted by atomic mass is 32.2. The maximum atomic E-state index is 12.6. The Balaban J connectivity index is 1.81. The molecule has 1 atom stereocenters. The van der Waals surface area contributed by atoms with Crippen molar-refractivity contribution < 1.29 is 13.2 Å². The molecule has 2 aromatic rings. The van der Waals surface area contributed by atoms with Crippen molar-refractivity contribution in [1.82, 2.24) is 4.72 Å². The quantitative estimate of drug-likeness (QED) is 0.946. The van der Waals surface area contributed by atoms with E-state index < -0.39 is 10.0 Å². The molecule has 0 saturated heterocycles. The normalized spacial score (nSPS) is 17.6. The zero-order valence-electron chi connectivity index (χ0n) is 12.7. The lowest BCUT2D eigenvalue weighted by molar-refractivity contribution is 0.254. The van der Waals surface area contributed by atoms with Gasteiger partial charge in [-0.1, -0.05) is 35.9 Å². The first-order chi connectivity index (χ1) is 10.5. The first-order valence-electron chi connectivity index (χ1n) is 7.26. The van der Waals surface area contributed by atoms with Crippen LogP contribution in [0.4, 0.5) is 0 Å². The van der Waals surface area contributed by atoms with Gasteiger partial charge in [-0.15, -0.1) is 0 Å². The third-order valence-corrected chi connectivity index (χ3v) is 5.50. The van der Waals surface area contributed by atoms with Gasteiger partial charge in [-0.2, -0.15) is 0 Å². The number of aryl methyl sites for hydroxylation is 2. The number of hydrogen-bond acceptors (Lipinski definition) is 3. The second-order valence-corrected chi connectivity index (χ2v) is 7.39. The zero-order valence-corrected chi connectivity index (χ0v) is 13.5. The van der Waals surface area contributed by atoms with Crippen LogP contribution in [0.5, 0.6) is 5.75 Å². The van der Waals surface area contributed by atoms with Crippen molar-refractivity contribution in [3.8, 4) is 5.75 Å². The molecule has 0 aliphatic carbocycles. The van der Waals surface area contributed by atoms with Crippen molar-refractivity contribution in [3.05, 3.63) is 59.2 Å². The van der Waals surface area contributed by atoms with Crippen molar-refractivity contribution in [3.63, 3.8) is 0 Å². The van der Waals surface area contributed by atoms with E-state index in [1.165, 1.54) is 0 Å². The monoisotopic (exact) mass is 317 g/mol. The first-order valence-corrected chi connectivity index (χ1v) is 8.74. The van der Waals surface area contributed by atoms with Crippen molar-refractivity contribution >= 4 is 10.0 Å². The first kappa shape index (κ1) is 15.1. The van der Waals surface area contributed by atoms with Gasteiger partial charge in [0.05, 0.1) is 10.9 Å². The summed E-state index contributed by atoms with van der Waals surface area (Å²) in [4.78, 5) is 0.331. The summed E-state index contributed by atoms with van der Waals surface area (Å²) in [5.74, 6) is 0.837. The molecule has 0 radical (unpaired) electrons. The van der Waals surface area contributed by atoms with E-state index in [9.17, 15) is 8.42 Å². The van der Waals surface area contributed by atoms with E-state index in [1.807, 2.05) is 50.2 Å². The number of fused-ring (bicyclic) bond motifs is 1. The van der Waals surface area contributed by atoms with Crippen molar-refractivity contribution in [2.45, 2.75) is 31.2 Å². The molecular weight excluding hydrogens is 298 g/mol. The maximum absolute atomic E-state index is 12.6. The topological polar surface area (TPSA) is 55.4 Å². The number of para-hydroxylation sites is 1. The molecule has 1 N–H and O–H groups in total. The standard InChI is InChI=1S/C17H19NO3S/c1-12-7-8-17(13(2)9-12)22(19,20)18-15-10-14-5-3-4-6-16(14)21-11-15/h3-9,15,18H,10-11H2,1-2H3/t15-/m0/s1. The lowest BCUT2D eigenvalue weighted by Gasteiger charge is -2.26. The third-order valence-electron chi connectivity index (χ3n) is 3.82. The van der Waals surface area contributed by atoms with Gasteiger partial charge in [0.1, 0.15) is 12.4 Å². The Kier molecular flexibility index (Phi) is 3.93. The zero-order chi connectivity index (χ0) is 15.7. The predicted octanol–water partition coefficient (Wildman–Crippen LogP) is 2.59. The van der Waals surface area contributed by atoms with Gasteiger partial charge in [-0.3, -0.25) is 0 Å². The SMILES string of the molecule is Cc1ccc(S(=O)(=O)N[C@@H]2COc3ccccc3C2)c(C)c1. The second-order valence-electron chi connectivity index (χ2n) is 5.71. The average molecular weight is 317 g/mol. The summed E-state index contributed by atoms with van der Waals surface area (Å²) in [6.45, 7) is 4.11. The predicted molar refractivity (Wildman–Crippen MR) is 85.7 cm³/mol.